The topological polar surface area (TPSA) is 24.9 Å². The summed E-state index contributed by atoms with van der Waals surface area (Å²) in [6, 6.07) is 19.0. The summed E-state index contributed by atoms with van der Waals surface area (Å²) in [6.45, 7) is 4.26. The van der Waals surface area contributed by atoms with Gasteiger partial charge < -0.3 is 5.32 Å². The SMILES string of the molecule is CC(CNCCc1nc2ccccc2s1)c1ccccc1. The van der Waals surface area contributed by atoms with Gasteiger partial charge in [0.25, 0.3) is 0 Å². The second-order valence-corrected chi connectivity index (χ2v) is 6.46. The molecule has 2 aromatic carbocycles. The molecule has 3 aromatic rings. The largest absolute Gasteiger partial charge is 0.316 e. The van der Waals surface area contributed by atoms with Gasteiger partial charge in [0.1, 0.15) is 0 Å². The maximum Gasteiger partial charge on any atom is 0.0951 e. The molecule has 1 atom stereocenters. The predicted octanol–water partition coefficient (Wildman–Crippen LogP) is 4.23. The molecule has 1 heterocycles. The van der Waals surface area contributed by atoms with E-state index in [2.05, 4.69) is 65.8 Å². The third-order valence-electron chi connectivity index (χ3n) is 3.67. The summed E-state index contributed by atoms with van der Waals surface area (Å²) >= 11 is 1.80. The van der Waals surface area contributed by atoms with E-state index in [4.69, 9.17) is 0 Å². The van der Waals surface area contributed by atoms with Gasteiger partial charge in [0.05, 0.1) is 15.2 Å². The maximum absolute atomic E-state index is 4.67. The summed E-state index contributed by atoms with van der Waals surface area (Å²) < 4.78 is 1.28. The number of fused-ring (bicyclic) bond motifs is 1. The molecule has 0 fully saturated rings. The third kappa shape index (κ3) is 3.69. The van der Waals surface area contributed by atoms with E-state index < -0.39 is 0 Å². The van der Waals surface area contributed by atoms with Gasteiger partial charge in [0.2, 0.25) is 0 Å². The molecule has 21 heavy (non-hydrogen) atoms. The van der Waals surface area contributed by atoms with Gasteiger partial charge >= 0.3 is 0 Å². The lowest BCUT2D eigenvalue weighted by Gasteiger charge is -2.12. The summed E-state index contributed by atoms with van der Waals surface area (Å²) in [4.78, 5) is 4.67. The van der Waals surface area contributed by atoms with E-state index in [-0.39, 0.29) is 0 Å². The molecule has 0 saturated carbocycles. The van der Waals surface area contributed by atoms with Crippen molar-refractivity contribution >= 4 is 21.6 Å². The first-order valence-electron chi connectivity index (χ1n) is 7.43. The molecule has 1 N–H and O–H groups in total. The highest BCUT2D eigenvalue weighted by atomic mass is 32.1. The fraction of sp³-hybridized carbons (Fsp3) is 0.278. The average molecular weight is 296 g/mol. The third-order valence-corrected chi connectivity index (χ3v) is 4.77. The molecule has 0 bridgehead atoms. The van der Waals surface area contributed by atoms with E-state index in [9.17, 15) is 0 Å². The Labute approximate surface area is 129 Å². The minimum Gasteiger partial charge on any atom is -0.316 e. The van der Waals surface area contributed by atoms with Crippen LogP contribution in [0.25, 0.3) is 10.2 Å². The number of rotatable bonds is 6. The van der Waals surface area contributed by atoms with Crippen molar-refractivity contribution < 1.29 is 0 Å². The fourth-order valence-electron chi connectivity index (χ4n) is 2.44. The van der Waals surface area contributed by atoms with Gasteiger partial charge in [-0.2, -0.15) is 0 Å². The van der Waals surface area contributed by atoms with Crippen molar-refractivity contribution in [1.82, 2.24) is 10.3 Å². The molecule has 0 aliphatic rings. The Balaban J connectivity index is 1.48. The standard InChI is InChI=1S/C18H20N2S/c1-14(15-7-3-2-4-8-15)13-19-12-11-18-20-16-9-5-6-10-17(16)21-18/h2-10,14,19H,11-13H2,1H3. The van der Waals surface area contributed by atoms with Crippen molar-refractivity contribution in [3.63, 3.8) is 0 Å². The normalized spacial score (nSPS) is 12.6. The van der Waals surface area contributed by atoms with Crippen molar-refractivity contribution in [2.24, 2.45) is 0 Å². The minimum absolute atomic E-state index is 0.543. The van der Waals surface area contributed by atoms with Crippen molar-refractivity contribution in [2.45, 2.75) is 19.3 Å². The molecule has 0 spiro atoms. The van der Waals surface area contributed by atoms with Crippen molar-refractivity contribution in [3.8, 4) is 0 Å². The molecular weight excluding hydrogens is 276 g/mol. The van der Waals surface area contributed by atoms with Crippen LogP contribution >= 0.6 is 11.3 Å². The second-order valence-electron chi connectivity index (χ2n) is 5.34. The molecule has 0 amide bonds. The number of benzene rings is 2. The second kappa shape index (κ2) is 6.83. The van der Waals surface area contributed by atoms with Crippen LogP contribution in [0.1, 0.15) is 23.4 Å². The first-order chi connectivity index (χ1) is 10.3. The molecule has 0 saturated heterocycles. The number of hydrogen-bond acceptors (Lipinski definition) is 3. The number of nitrogens with zero attached hydrogens (tertiary/aromatic N) is 1. The van der Waals surface area contributed by atoms with E-state index in [1.165, 1.54) is 15.3 Å². The van der Waals surface area contributed by atoms with Crippen LogP contribution in [0.4, 0.5) is 0 Å². The Morgan fingerprint density at radius 3 is 2.62 bits per heavy atom. The van der Waals surface area contributed by atoms with Crippen LogP contribution in [0, 0.1) is 0 Å². The van der Waals surface area contributed by atoms with Gasteiger partial charge in [-0.3, -0.25) is 0 Å². The zero-order valence-electron chi connectivity index (χ0n) is 12.3. The molecule has 3 heteroatoms. The fourth-order valence-corrected chi connectivity index (χ4v) is 3.41. The highest BCUT2D eigenvalue weighted by Crippen LogP contribution is 2.21. The number of para-hydroxylation sites is 1. The number of thiazole rings is 1. The average Bonchev–Trinajstić information content (AvgIpc) is 2.95. The highest BCUT2D eigenvalue weighted by molar-refractivity contribution is 7.18. The van der Waals surface area contributed by atoms with E-state index >= 15 is 0 Å². The molecule has 0 aliphatic carbocycles. The number of aromatic nitrogens is 1. The van der Waals surface area contributed by atoms with Gasteiger partial charge in [-0.1, -0.05) is 49.4 Å². The van der Waals surface area contributed by atoms with Gasteiger partial charge in [-0.05, 0) is 23.6 Å². The molecule has 1 aromatic heterocycles. The van der Waals surface area contributed by atoms with Crippen LogP contribution in [0.3, 0.4) is 0 Å². The van der Waals surface area contributed by atoms with Crippen LogP contribution in [0.15, 0.2) is 54.6 Å². The van der Waals surface area contributed by atoms with Crippen molar-refractivity contribution in [3.05, 3.63) is 65.2 Å². The Morgan fingerprint density at radius 2 is 1.81 bits per heavy atom. The molecular formula is C18H20N2S. The lowest BCUT2D eigenvalue weighted by atomic mass is 10.0. The van der Waals surface area contributed by atoms with Gasteiger partial charge in [0.15, 0.2) is 0 Å². The summed E-state index contributed by atoms with van der Waals surface area (Å²) in [5.74, 6) is 0.543. The number of hydrogen-bond donors (Lipinski definition) is 1. The van der Waals surface area contributed by atoms with Gasteiger partial charge in [-0.15, -0.1) is 11.3 Å². The minimum atomic E-state index is 0.543. The molecule has 108 valence electrons. The number of nitrogens with one attached hydrogen (secondary N) is 1. The predicted molar refractivity (Wildman–Crippen MR) is 91.1 cm³/mol. The Morgan fingerprint density at radius 1 is 1.05 bits per heavy atom. The molecule has 0 aliphatic heterocycles. The van der Waals surface area contributed by atoms with Crippen LogP contribution in [0.5, 0.6) is 0 Å². The van der Waals surface area contributed by atoms with Crippen LogP contribution < -0.4 is 5.32 Å². The lowest BCUT2D eigenvalue weighted by molar-refractivity contribution is 0.615. The molecule has 0 radical (unpaired) electrons. The molecule has 2 nitrogen and oxygen atoms in total. The van der Waals surface area contributed by atoms with Crippen molar-refractivity contribution in [2.75, 3.05) is 13.1 Å². The van der Waals surface area contributed by atoms with Gasteiger partial charge in [0, 0.05) is 19.5 Å². The van der Waals surface area contributed by atoms with E-state index in [0.29, 0.717) is 5.92 Å². The van der Waals surface area contributed by atoms with Crippen LogP contribution in [-0.4, -0.2) is 18.1 Å². The maximum atomic E-state index is 4.67. The summed E-state index contributed by atoms with van der Waals surface area (Å²) in [5, 5.41) is 4.76. The monoisotopic (exact) mass is 296 g/mol. The van der Waals surface area contributed by atoms with E-state index in [1.54, 1.807) is 11.3 Å². The first-order valence-corrected chi connectivity index (χ1v) is 8.24. The molecule has 3 rings (SSSR count). The van der Waals surface area contributed by atoms with Crippen LogP contribution in [0.2, 0.25) is 0 Å². The van der Waals surface area contributed by atoms with Crippen molar-refractivity contribution in [1.29, 1.82) is 0 Å². The first kappa shape index (κ1) is 14.2. The lowest BCUT2D eigenvalue weighted by Crippen LogP contribution is -2.22. The van der Waals surface area contributed by atoms with Crippen LogP contribution in [-0.2, 0) is 6.42 Å². The Hall–Kier alpha value is -1.71. The summed E-state index contributed by atoms with van der Waals surface area (Å²) in [7, 11) is 0. The Bertz CT molecular complexity index is 658. The summed E-state index contributed by atoms with van der Waals surface area (Å²) in [5.41, 5.74) is 2.51. The quantitative estimate of drug-likeness (QED) is 0.688. The molecule has 1 unspecified atom stereocenters. The smallest absolute Gasteiger partial charge is 0.0951 e. The zero-order valence-corrected chi connectivity index (χ0v) is 13.1. The van der Waals surface area contributed by atoms with E-state index in [0.717, 1.165) is 25.0 Å². The zero-order chi connectivity index (χ0) is 14.5. The highest BCUT2D eigenvalue weighted by Gasteiger charge is 2.05. The summed E-state index contributed by atoms with van der Waals surface area (Å²) in [6.07, 6.45) is 1.00. The van der Waals surface area contributed by atoms with E-state index in [1.807, 2.05) is 6.07 Å². The van der Waals surface area contributed by atoms with Gasteiger partial charge in [-0.25, -0.2) is 4.98 Å². The Kier molecular flexibility index (Phi) is 4.63.